The number of hydrogen-bond donors (Lipinski definition) is 1. The number of fused-ring (bicyclic) bond motifs is 1. The summed E-state index contributed by atoms with van der Waals surface area (Å²) in [4.78, 5) is 32.2. The number of carbonyl (C=O) groups is 2. The van der Waals surface area contributed by atoms with Crippen molar-refractivity contribution in [1.82, 2.24) is 19.8 Å². The van der Waals surface area contributed by atoms with Crippen LogP contribution in [0, 0.1) is 13.8 Å². The molecule has 198 valence electrons. The lowest BCUT2D eigenvalue weighted by atomic mass is 10.0. The summed E-state index contributed by atoms with van der Waals surface area (Å²) in [6.45, 7) is 7.98. The maximum Gasteiger partial charge on any atom is 0.257 e. The Morgan fingerprint density at radius 1 is 1.08 bits per heavy atom. The minimum Gasteiger partial charge on any atom is -0.483 e. The first-order valence-corrected chi connectivity index (χ1v) is 13.6. The Balaban J connectivity index is 1.24. The number of nitrogens with one attached hydrogen (secondary N) is 1. The molecule has 7 nitrogen and oxygen atoms in total. The molecule has 1 fully saturated rings. The molecule has 7 heteroatoms. The number of hydrogen-bond acceptors (Lipinski definition) is 4. The number of imidazole rings is 1. The smallest absolute Gasteiger partial charge is 0.257 e. The van der Waals surface area contributed by atoms with Gasteiger partial charge in [-0.15, -0.1) is 0 Å². The van der Waals surface area contributed by atoms with Crippen LogP contribution in [-0.4, -0.2) is 52.0 Å². The van der Waals surface area contributed by atoms with E-state index < -0.39 is 0 Å². The number of carbonyl (C=O) groups excluding carboxylic acids is 2. The standard InChI is InChI=1S/C30H40N4O3/c1-22-15-16-23(2)27(19-22)37-21-29(35)31-17-9-4-5-14-28-32-25-12-6-7-13-26(25)34(28)20-30(36)33-18-10-8-11-24(33)3/h6-7,12-13,15-16,19,24H,4-5,8-11,14,17-18,20-21H2,1-3H3,(H,31,35). The molecule has 2 amide bonds. The van der Waals surface area contributed by atoms with Crippen molar-refractivity contribution in [2.24, 2.45) is 0 Å². The zero-order valence-corrected chi connectivity index (χ0v) is 22.5. The van der Waals surface area contributed by atoms with Crippen molar-refractivity contribution in [3.05, 3.63) is 59.4 Å². The van der Waals surface area contributed by atoms with Gasteiger partial charge in [0.2, 0.25) is 5.91 Å². The average Bonchev–Trinajstić information content (AvgIpc) is 3.23. The Labute approximate surface area is 220 Å². The fourth-order valence-electron chi connectivity index (χ4n) is 5.06. The van der Waals surface area contributed by atoms with Crippen LogP contribution in [0.1, 0.15) is 62.4 Å². The van der Waals surface area contributed by atoms with Crippen molar-refractivity contribution in [1.29, 1.82) is 0 Å². The van der Waals surface area contributed by atoms with Crippen LogP contribution in [0.5, 0.6) is 5.75 Å². The normalized spacial score (nSPS) is 15.6. The van der Waals surface area contributed by atoms with Crippen LogP contribution in [0.25, 0.3) is 11.0 Å². The molecule has 1 aliphatic heterocycles. The van der Waals surface area contributed by atoms with Crippen molar-refractivity contribution < 1.29 is 14.3 Å². The first kappa shape index (κ1) is 26.7. The van der Waals surface area contributed by atoms with E-state index in [-0.39, 0.29) is 18.4 Å². The highest BCUT2D eigenvalue weighted by atomic mass is 16.5. The van der Waals surface area contributed by atoms with Crippen LogP contribution in [0.15, 0.2) is 42.5 Å². The lowest BCUT2D eigenvalue weighted by Crippen LogP contribution is -2.43. The van der Waals surface area contributed by atoms with E-state index in [1.807, 2.05) is 55.1 Å². The fourth-order valence-corrected chi connectivity index (χ4v) is 5.06. The molecule has 1 unspecified atom stereocenters. The van der Waals surface area contributed by atoms with Crippen LogP contribution >= 0.6 is 0 Å². The Bertz CT molecular complexity index is 1220. The van der Waals surface area contributed by atoms with E-state index in [2.05, 4.69) is 22.9 Å². The molecule has 0 saturated carbocycles. The molecule has 0 bridgehead atoms. The fraction of sp³-hybridized carbons (Fsp3) is 0.500. The Morgan fingerprint density at radius 3 is 2.76 bits per heavy atom. The van der Waals surface area contributed by atoms with Crippen molar-refractivity contribution in [3.8, 4) is 5.75 Å². The summed E-state index contributed by atoms with van der Waals surface area (Å²) in [5, 5.41) is 2.95. The van der Waals surface area contributed by atoms with Gasteiger partial charge in [-0.05, 0) is 82.2 Å². The van der Waals surface area contributed by atoms with Gasteiger partial charge in [-0.3, -0.25) is 9.59 Å². The topological polar surface area (TPSA) is 76.5 Å². The van der Waals surface area contributed by atoms with Crippen molar-refractivity contribution in [2.45, 2.75) is 78.3 Å². The number of rotatable bonds is 11. The number of amides is 2. The molecule has 3 aromatic rings. The molecule has 0 radical (unpaired) electrons. The van der Waals surface area contributed by atoms with Gasteiger partial charge in [-0.2, -0.15) is 0 Å². The zero-order chi connectivity index (χ0) is 26.2. The Kier molecular flexibility index (Phi) is 9.20. The van der Waals surface area contributed by atoms with Gasteiger partial charge in [0.1, 0.15) is 18.1 Å². The molecular formula is C30H40N4O3. The third-order valence-corrected chi connectivity index (χ3v) is 7.25. The maximum absolute atomic E-state index is 13.2. The molecule has 2 aromatic carbocycles. The minimum atomic E-state index is -0.104. The van der Waals surface area contributed by atoms with Gasteiger partial charge < -0.3 is 19.5 Å². The van der Waals surface area contributed by atoms with E-state index in [0.29, 0.717) is 19.1 Å². The number of benzene rings is 2. The summed E-state index contributed by atoms with van der Waals surface area (Å²) < 4.78 is 7.79. The highest BCUT2D eigenvalue weighted by Crippen LogP contribution is 2.21. The van der Waals surface area contributed by atoms with Crippen molar-refractivity contribution in [3.63, 3.8) is 0 Å². The molecule has 1 aliphatic rings. The predicted octanol–water partition coefficient (Wildman–Crippen LogP) is 4.96. The second kappa shape index (κ2) is 12.7. The molecular weight excluding hydrogens is 464 g/mol. The van der Waals surface area contributed by atoms with Gasteiger partial charge >= 0.3 is 0 Å². The molecule has 2 heterocycles. The van der Waals surface area contributed by atoms with Gasteiger partial charge in [0.05, 0.1) is 11.0 Å². The third-order valence-electron chi connectivity index (χ3n) is 7.25. The summed E-state index contributed by atoms with van der Waals surface area (Å²) in [6.07, 6.45) is 6.98. The summed E-state index contributed by atoms with van der Waals surface area (Å²) in [5.41, 5.74) is 4.09. The van der Waals surface area contributed by atoms with Crippen molar-refractivity contribution in [2.75, 3.05) is 19.7 Å². The number of unbranched alkanes of at least 4 members (excludes halogenated alkanes) is 2. The molecule has 4 rings (SSSR count). The van der Waals surface area contributed by atoms with E-state index >= 15 is 0 Å². The number of piperidine rings is 1. The van der Waals surface area contributed by atoms with Gasteiger partial charge in [0.15, 0.2) is 6.61 Å². The largest absolute Gasteiger partial charge is 0.483 e. The average molecular weight is 505 g/mol. The number of aromatic nitrogens is 2. The second-order valence-electron chi connectivity index (χ2n) is 10.3. The monoisotopic (exact) mass is 504 g/mol. The van der Waals surface area contributed by atoms with Crippen molar-refractivity contribution >= 4 is 22.8 Å². The van der Waals surface area contributed by atoms with Gasteiger partial charge in [0.25, 0.3) is 5.91 Å². The van der Waals surface area contributed by atoms with E-state index in [4.69, 9.17) is 9.72 Å². The number of para-hydroxylation sites is 2. The van der Waals surface area contributed by atoms with E-state index in [1.54, 1.807) is 0 Å². The molecule has 1 saturated heterocycles. The quantitative estimate of drug-likeness (QED) is 0.375. The van der Waals surface area contributed by atoms with Gasteiger partial charge in [0, 0.05) is 25.6 Å². The van der Waals surface area contributed by atoms with E-state index in [9.17, 15) is 9.59 Å². The van der Waals surface area contributed by atoms with Crippen LogP contribution in [-0.2, 0) is 22.6 Å². The summed E-state index contributed by atoms with van der Waals surface area (Å²) in [7, 11) is 0. The summed E-state index contributed by atoms with van der Waals surface area (Å²) in [5.74, 6) is 1.80. The number of nitrogens with zero attached hydrogens (tertiary/aromatic N) is 3. The number of likely N-dealkylation sites (tertiary alicyclic amines) is 1. The molecule has 37 heavy (non-hydrogen) atoms. The SMILES string of the molecule is Cc1ccc(C)c(OCC(=O)NCCCCCc2nc3ccccc3n2CC(=O)N2CCCCC2C)c1. The molecule has 0 aliphatic carbocycles. The van der Waals surface area contributed by atoms with Crippen LogP contribution in [0.2, 0.25) is 0 Å². The molecule has 1 aromatic heterocycles. The van der Waals surface area contributed by atoms with Crippen LogP contribution in [0.3, 0.4) is 0 Å². The molecule has 0 spiro atoms. The highest BCUT2D eigenvalue weighted by Gasteiger charge is 2.24. The molecule has 1 atom stereocenters. The second-order valence-corrected chi connectivity index (χ2v) is 10.3. The first-order valence-electron chi connectivity index (χ1n) is 13.6. The van der Waals surface area contributed by atoms with E-state index in [0.717, 1.165) is 78.8 Å². The minimum absolute atomic E-state index is 0.0258. The van der Waals surface area contributed by atoms with Gasteiger partial charge in [-0.1, -0.05) is 30.7 Å². The highest BCUT2D eigenvalue weighted by molar-refractivity contribution is 5.81. The lowest BCUT2D eigenvalue weighted by Gasteiger charge is -2.33. The summed E-state index contributed by atoms with van der Waals surface area (Å²) >= 11 is 0. The Morgan fingerprint density at radius 2 is 1.92 bits per heavy atom. The summed E-state index contributed by atoms with van der Waals surface area (Å²) in [6, 6.07) is 14.4. The van der Waals surface area contributed by atoms with Crippen LogP contribution in [0.4, 0.5) is 0 Å². The number of aryl methyl sites for hydroxylation is 3. The zero-order valence-electron chi connectivity index (χ0n) is 22.5. The Hall–Kier alpha value is -3.35. The molecule has 1 N–H and O–H groups in total. The van der Waals surface area contributed by atoms with E-state index in [1.165, 1.54) is 6.42 Å². The first-order chi connectivity index (χ1) is 17.9. The third kappa shape index (κ3) is 7.12. The van der Waals surface area contributed by atoms with Gasteiger partial charge in [-0.25, -0.2) is 4.98 Å². The lowest BCUT2D eigenvalue weighted by molar-refractivity contribution is -0.135. The predicted molar refractivity (Wildman–Crippen MR) is 147 cm³/mol. The maximum atomic E-state index is 13.2. The van der Waals surface area contributed by atoms with Crippen LogP contribution < -0.4 is 10.1 Å². The number of ether oxygens (including phenoxy) is 1.